The molecule has 1 aliphatic rings. The van der Waals surface area contributed by atoms with Gasteiger partial charge in [0.25, 0.3) is 0 Å². The predicted molar refractivity (Wildman–Crippen MR) is 80.9 cm³/mol. The maximum Gasteiger partial charge on any atom is 0.435 e. The van der Waals surface area contributed by atoms with Crippen molar-refractivity contribution in [3.8, 4) is 0 Å². The second kappa shape index (κ2) is 6.73. The molecule has 2 heterocycles. The molecule has 1 saturated heterocycles. The number of nitrogens with zero attached hydrogens (tertiary/aromatic N) is 3. The number of piperidine rings is 1. The number of carbonyl (C=O) groups excluding carboxylic acids is 1. The first-order chi connectivity index (χ1) is 11.0. The number of alkyl halides is 3. The van der Waals surface area contributed by atoms with Crippen LogP contribution in [0.5, 0.6) is 0 Å². The van der Waals surface area contributed by atoms with Crippen molar-refractivity contribution in [2.24, 2.45) is 13.0 Å². The van der Waals surface area contributed by atoms with Crippen LogP contribution in [0.3, 0.4) is 0 Å². The summed E-state index contributed by atoms with van der Waals surface area (Å²) in [7, 11) is -1.79. The van der Waals surface area contributed by atoms with Gasteiger partial charge in [0.1, 0.15) is 9.84 Å². The zero-order valence-electron chi connectivity index (χ0n) is 13.5. The summed E-state index contributed by atoms with van der Waals surface area (Å²) in [6.45, 7) is 0.689. The smallest absolute Gasteiger partial charge is 0.342 e. The molecule has 1 aliphatic heterocycles. The summed E-state index contributed by atoms with van der Waals surface area (Å²) in [6, 6.07) is 0. The minimum atomic E-state index is -4.61. The lowest BCUT2D eigenvalue weighted by Crippen LogP contribution is -2.42. The fraction of sp³-hybridized carbons (Fsp3) is 0.714. The second-order valence-electron chi connectivity index (χ2n) is 6.29. The van der Waals surface area contributed by atoms with Crippen molar-refractivity contribution in [3.63, 3.8) is 0 Å². The standard InChI is InChI=1S/C14H20F3N3O3S/c1-19-8-11(13(18-19)14(15,16)17)6-12(21)20-5-3-4-10(7-20)9-24(2,22)23/h8,10H,3-7,9H2,1-2H3. The summed E-state index contributed by atoms with van der Waals surface area (Å²) in [4.78, 5) is 13.8. The van der Waals surface area contributed by atoms with Gasteiger partial charge in [-0.25, -0.2) is 8.42 Å². The van der Waals surface area contributed by atoms with Crippen LogP contribution >= 0.6 is 0 Å². The first kappa shape index (κ1) is 18.8. The van der Waals surface area contributed by atoms with Gasteiger partial charge in [0, 0.05) is 38.2 Å². The molecule has 1 aromatic heterocycles. The van der Waals surface area contributed by atoms with Gasteiger partial charge in [-0.1, -0.05) is 0 Å². The Morgan fingerprint density at radius 3 is 2.67 bits per heavy atom. The van der Waals surface area contributed by atoms with Crippen molar-refractivity contribution >= 4 is 15.7 Å². The molecule has 0 bridgehead atoms. The van der Waals surface area contributed by atoms with E-state index in [2.05, 4.69) is 5.10 Å². The lowest BCUT2D eigenvalue weighted by molar-refractivity contribution is -0.142. The van der Waals surface area contributed by atoms with Gasteiger partial charge in [-0.3, -0.25) is 9.48 Å². The molecule has 1 atom stereocenters. The Morgan fingerprint density at radius 1 is 1.42 bits per heavy atom. The number of hydrogen-bond acceptors (Lipinski definition) is 4. The Bertz CT molecular complexity index is 713. The van der Waals surface area contributed by atoms with E-state index in [-0.39, 0.29) is 23.8 Å². The number of aromatic nitrogens is 2. The normalized spacial score (nSPS) is 19.5. The molecular weight excluding hydrogens is 347 g/mol. The van der Waals surface area contributed by atoms with E-state index in [1.54, 1.807) is 0 Å². The molecule has 2 rings (SSSR count). The number of carbonyl (C=O) groups is 1. The zero-order valence-corrected chi connectivity index (χ0v) is 14.3. The molecule has 1 fully saturated rings. The van der Waals surface area contributed by atoms with Gasteiger partial charge in [-0.15, -0.1) is 0 Å². The maximum absolute atomic E-state index is 12.9. The van der Waals surface area contributed by atoms with Crippen molar-refractivity contribution in [2.45, 2.75) is 25.4 Å². The highest BCUT2D eigenvalue weighted by molar-refractivity contribution is 7.90. The van der Waals surface area contributed by atoms with Gasteiger partial charge >= 0.3 is 6.18 Å². The molecule has 1 aromatic rings. The molecule has 1 unspecified atom stereocenters. The van der Waals surface area contributed by atoms with Crippen LogP contribution in [0.2, 0.25) is 0 Å². The topological polar surface area (TPSA) is 72.3 Å². The Hall–Kier alpha value is -1.58. The highest BCUT2D eigenvalue weighted by Gasteiger charge is 2.38. The second-order valence-corrected chi connectivity index (χ2v) is 8.48. The average molecular weight is 367 g/mol. The van der Waals surface area contributed by atoms with Crippen LogP contribution in [0.1, 0.15) is 24.1 Å². The fourth-order valence-corrected chi connectivity index (χ4v) is 4.16. The molecule has 0 spiro atoms. The van der Waals surface area contributed by atoms with E-state index in [1.165, 1.54) is 18.1 Å². The third-order valence-electron chi connectivity index (χ3n) is 3.92. The Labute approximate surface area is 138 Å². The molecule has 0 saturated carbocycles. The summed E-state index contributed by atoms with van der Waals surface area (Å²) in [5.74, 6) is -0.627. The number of amides is 1. The molecule has 0 N–H and O–H groups in total. The minimum Gasteiger partial charge on any atom is -0.342 e. The van der Waals surface area contributed by atoms with E-state index in [0.29, 0.717) is 19.4 Å². The van der Waals surface area contributed by atoms with Gasteiger partial charge < -0.3 is 4.90 Å². The molecular formula is C14H20F3N3O3S. The molecule has 0 aromatic carbocycles. The summed E-state index contributed by atoms with van der Waals surface area (Å²) < 4.78 is 62.6. The maximum atomic E-state index is 12.9. The lowest BCUT2D eigenvalue weighted by atomic mass is 9.99. The number of aryl methyl sites for hydroxylation is 1. The molecule has 10 heteroatoms. The van der Waals surface area contributed by atoms with Crippen molar-refractivity contribution in [1.29, 1.82) is 0 Å². The number of halogens is 3. The summed E-state index contributed by atoms with van der Waals surface area (Å²) in [6.07, 6.45) is -1.34. The van der Waals surface area contributed by atoms with Crippen LogP contribution in [-0.2, 0) is 34.3 Å². The monoisotopic (exact) mass is 367 g/mol. The highest BCUT2D eigenvalue weighted by Crippen LogP contribution is 2.31. The number of rotatable bonds is 4. The van der Waals surface area contributed by atoms with Crippen LogP contribution in [0.4, 0.5) is 13.2 Å². The molecule has 24 heavy (non-hydrogen) atoms. The van der Waals surface area contributed by atoms with Gasteiger partial charge in [0.05, 0.1) is 12.2 Å². The molecule has 0 radical (unpaired) electrons. The highest BCUT2D eigenvalue weighted by atomic mass is 32.2. The minimum absolute atomic E-state index is 0.0164. The van der Waals surface area contributed by atoms with Crippen LogP contribution in [0.25, 0.3) is 0 Å². The molecule has 6 nitrogen and oxygen atoms in total. The Balaban J connectivity index is 2.07. The van der Waals surface area contributed by atoms with Crippen molar-refractivity contribution in [2.75, 3.05) is 25.1 Å². The summed E-state index contributed by atoms with van der Waals surface area (Å²) in [5.41, 5.74) is -1.22. The van der Waals surface area contributed by atoms with Gasteiger partial charge in [0.15, 0.2) is 5.69 Å². The number of likely N-dealkylation sites (tertiary alicyclic amines) is 1. The van der Waals surface area contributed by atoms with Crippen LogP contribution < -0.4 is 0 Å². The van der Waals surface area contributed by atoms with Crippen LogP contribution in [0, 0.1) is 5.92 Å². The van der Waals surface area contributed by atoms with E-state index >= 15 is 0 Å². The van der Waals surface area contributed by atoms with E-state index in [9.17, 15) is 26.4 Å². The van der Waals surface area contributed by atoms with Gasteiger partial charge in [0.2, 0.25) is 5.91 Å². The Morgan fingerprint density at radius 2 is 2.08 bits per heavy atom. The average Bonchev–Trinajstić information content (AvgIpc) is 2.78. The summed E-state index contributed by atoms with van der Waals surface area (Å²) in [5, 5.41) is 3.39. The van der Waals surface area contributed by atoms with Crippen molar-refractivity contribution in [1.82, 2.24) is 14.7 Å². The van der Waals surface area contributed by atoms with Gasteiger partial charge in [-0.2, -0.15) is 18.3 Å². The first-order valence-electron chi connectivity index (χ1n) is 7.51. The number of hydrogen-bond donors (Lipinski definition) is 0. The van der Waals surface area contributed by atoms with Crippen molar-refractivity contribution < 1.29 is 26.4 Å². The fourth-order valence-electron chi connectivity index (χ4n) is 3.04. The summed E-state index contributed by atoms with van der Waals surface area (Å²) >= 11 is 0. The van der Waals surface area contributed by atoms with E-state index in [1.807, 2.05) is 0 Å². The van der Waals surface area contributed by atoms with E-state index in [0.717, 1.165) is 10.9 Å². The first-order valence-corrected chi connectivity index (χ1v) is 9.57. The number of sulfone groups is 1. The third kappa shape index (κ3) is 4.96. The van der Waals surface area contributed by atoms with Gasteiger partial charge in [-0.05, 0) is 18.8 Å². The predicted octanol–water partition coefficient (Wildman–Crippen LogP) is 1.26. The van der Waals surface area contributed by atoms with Crippen molar-refractivity contribution in [3.05, 3.63) is 17.5 Å². The van der Waals surface area contributed by atoms with E-state index in [4.69, 9.17) is 0 Å². The third-order valence-corrected chi connectivity index (χ3v) is 5.00. The Kier molecular flexibility index (Phi) is 5.26. The van der Waals surface area contributed by atoms with E-state index < -0.39 is 34.0 Å². The quantitative estimate of drug-likeness (QED) is 0.803. The van der Waals surface area contributed by atoms with Crippen LogP contribution in [0.15, 0.2) is 6.20 Å². The molecule has 136 valence electrons. The zero-order chi connectivity index (χ0) is 18.1. The lowest BCUT2D eigenvalue weighted by Gasteiger charge is -2.32. The molecule has 1 amide bonds. The molecule has 0 aliphatic carbocycles. The largest absolute Gasteiger partial charge is 0.435 e. The van der Waals surface area contributed by atoms with Crippen LogP contribution in [-0.4, -0.2) is 54.1 Å². The SMILES string of the molecule is Cn1cc(CC(=O)N2CCCC(CS(C)(=O)=O)C2)c(C(F)(F)F)n1.